The van der Waals surface area contributed by atoms with Crippen molar-refractivity contribution in [2.45, 2.75) is 37.9 Å². The number of halogens is 1. The van der Waals surface area contributed by atoms with Gasteiger partial charge in [-0.05, 0) is 31.0 Å². The van der Waals surface area contributed by atoms with E-state index in [1.165, 1.54) is 23.9 Å². The first-order chi connectivity index (χ1) is 11.9. The second-order valence-corrected chi connectivity index (χ2v) is 7.15. The van der Waals surface area contributed by atoms with Gasteiger partial charge >= 0.3 is 12.4 Å². The molecule has 1 N–H and O–H groups in total. The molecular formula is C17H19FN2O4S. The number of carbonyl (C=O) groups is 1. The van der Waals surface area contributed by atoms with E-state index in [2.05, 4.69) is 4.98 Å². The Hall–Kier alpha value is -1.90. The maximum absolute atomic E-state index is 13.4. The van der Waals surface area contributed by atoms with E-state index in [-0.39, 0.29) is 24.0 Å². The molecule has 1 aliphatic heterocycles. The summed E-state index contributed by atoms with van der Waals surface area (Å²) in [5.74, 6) is 0.179. The number of ether oxygens (including phenoxy) is 2. The average Bonchev–Trinajstić information content (AvgIpc) is 2.90. The number of nitrogens with zero attached hydrogens (tertiary/aromatic N) is 2. The third-order valence-corrected chi connectivity index (χ3v) is 4.70. The Morgan fingerprint density at radius 1 is 1.48 bits per heavy atom. The lowest BCUT2D eigenvalue weighted by Crippen LogP contribution is -2.24. The van der Waals surface area contributed by atoms with Gasteiger partial charge in [0.25, 0.3) is 0 Å². The highest BCUT2D eigenvalue weighted by Crippen LogP contribution is 2.37. The van der Waals surface area contributed by atoms with Crippen LogP contribution in [0.3, 0.4) is 0 Å². The van der Waals surface area contributed by atoms with Crippen molar-refractivity contribution in [3.05, 3.63) is 41.2 Å². The van der Waals surface area contributed by atoms with Gasteiger partial charge in [0.1, 0.15) is 11.6 Å². The SMILES string of the molecule is Cc1nc(C(=O)OC(O)OCC(C)C)c2n1-c1ccc(F)cc1SC2. The molecule has 0 saturated carbocycles. The summed E-state index contributed by atoms with van der Waals surface area (Å²) in [6.45, 7) is 4.23. The molecule has 0 spiro atoms. The number of aliphatic hydroxyl groups excluding tert-OH is 1. The van der Waals surface area contributed by atoms with Crippen molar-refractivity contribution in [2.75, 3.05) is 6.61 Å². The van der Waals surface area contributed by atoms with Crippen LogP contribution in [0.2, 0.25) is 0 Å². The molecule has 3 rings (SSSR count). The van der Waals surface area contributed by atoms with Crippen molar-refractivity contribution in [1.29, 1.82) is 0 Å². The minimum atomic E-state index is -1.63. The van der Waals surface area contributed by atoms with E-state index >= 15 is 0 Å². The van der Waals surface area contributed by atoms with Crippen molar-refractivity contribution in [3.63, 3.8) is 0 Å². The molecule has 1 unspecified atom stereocenters. The molecule has 134 valence electrons. The molecule has 25 heavy (non-hydrogen) atoms. The number of aliphatic hydroxyl groups is 1. The third kappa shape index (κ3) is 3.70. The van der Waals surface area contributed by atoms with Gasteiger partial charge in [-0.2, -0.15) is 0 Å². The summed E-state index contributed by atoms with van der Waals surface area (Å²) in [5, 5.41) is 9.68. The highest BCUT2D eigenvalue weighted by molar-refractivity contribution is 7.98. The van der Waals surface area contributed by atoms with Gasteiger partial charge in [-0.15, -0.1) is 11.8 Å². The quantitative estimate of drug-likeness (QED) is 0.648. The lowest BCUT2D eigenvalue weighted by atomic mass is 10.2. The first-order valence-corrected chi connectivity index (χ1v) is 8.87. The normalized spacial score (nSPS) is 14.2. The number of aryl methyl sites for hydroxylation is 1. The molecule has 0 amide bonds. The van der Waals surface area contributed by atoms with E-state index in [9.17, 15) is 14.3 Å². The topological polar surface area (TPSA) is 73.6 Å². The summed E-state index contributed by atoms with van der Waals surface area (Å²) >= 11 is 1.42. The zero-order chi connectivity index (χ0) is 18.1. The first kappa shape index (κ1) is 17.9. The largest absolute Gasteiger partial charge is 0.406 e. The molecule has 0 bridgehead atoms. The van der Waals surface area contributed by atoms with Gasteiger partial charge in [-0.25, -0.2) is 14.2 Å². The average molecular weight is 366 g/mol. The molecule has 2 aromatic rings. The number of fused-ring (bicyclic) bond motifs is 3. The van der Waals surface area contributed by atoms with E-state index < -0.39 is 12.4 Å². The van der Waals surface area contributed by atoms with Crippen LogP contribution in [0.15, 0.2) is 23.1 Å². The van der Waals surface area contributed by atoms with Crippen LogP contribution in [0.1, 0.15) is 35.9 Å². The van der Waals surface area contributed by atoms with Crippen LogP contribution in [-0.2, 0) is 15.2 Å². The van der Waals surface area contributed by atoms with Crippen molar-refractivity contribution < 1.29 is 23.8 Å². The minimum Gasteiger partial charge on any atom is -0.406 e. The predicted octanol–water partition coefficient (Wildman–Crippen LogP) is 3.03. The van der Waals surface area contributed by atoms with Gasteiger partial charge in [0.05, 0.1) is 18.0 Å². The van der Waals surface area contributed by atoms with Crippen LogP contribution in [0, 0.1) is 18.7 Å². The van der Waals surface area contributed by atoms with Gasteiger partial charge in [-0.3, -0.25) is 4.57 Å². The predicted molar refractivity (Wildman–Crippen MR) is 90.0 cm³/mol. The summed E-state index contributed by atoms with van der Waals surface area (Å²) in [7, 11) is 0. The zero-order valence-corrected chi connectivity index (χ0v) is 15.0. The fourth-order valence-corrected chi connectivity index (χ4v) is 3.65. The summed E-state index contributed by atoms with van der Waals surface area (Å²) in [5.41, 5.74) is 1.56. The molecule has 1 aliphatic rings. The van der Waals surface area contributed by atoms with Gasteiger partial charge < -0.3 is 14.6 Å². The molecule has 2 heterocycles. The number of benzene rings is 1. The summed E-state index contributed by atoms with van der Waals surface area (Å²) < 4.78 is 25.2. The smallest absolute Gasteiger partial charge is 0.362 e. The molecular weight excluding hydrogens is 347 g/mol. The lowest BCUT2D eigenvalue weighted by molar-refractivity contribution is -0.237. The van der Waals surface area contributed by atoms with E-state index in [1.807, 2.05) is 18.4 Å². The van der Waals surface area contributed by atoms with Crippen LogP contribution in [0.5, 0.6) is 0 Å². The Balaban J connectivity index is 1.85. The Morgan fingerprint density at radius 2 is 2.24 bits per heavy atom. The number of hydrogen-bond donors (Lipinski definition) is 1. The molecule has 0 fully saturated rings. The minimum absolute atomic E-state index is 0.132. The molecule has 0 radical (unpaired) electrons. The van der Waals surface area contributed by atoms with Crippen LogP contribution in [0.25, 0.3) is 5.69 Å². The van der Waals surface area contributed by atoms with Crippen molar-refractivity contribution in [1.82, 2.24) is 9.55 Å². The van der Waals surface area contributed by atoms with Crippen LogP contribution in [-0.4, -0.2) is 33.7 Å². The fraction of sp³-hybridized carbons (Fsp3) is 0.412. The van der Waals surface area contributed by atoms with E-state index in [0.717, 1.165) is 10.6 Å². The monoisotopic (exact) mass is 366 g/mol. The molecule has 1 aromatic carbocycles. The van der Waals surface area contributed by atoms with Gasteiger partial charge in [0.15, 0.2) is 5.69 Å². The zero-order valence-electron chi connectivity index (χ0n) is 14.2. The van der Waals surface area contributed by atoms with E-state index in [0.29, 0.717) is 17.3 Å². The third-order valence-electron chi connectivity index (χ3n) is 3.64. The van der Waals surface area contributed by atoms with Crippen molar-refractivity contribution in [3.8, 4) is 5.69 Å². The maximum atomic E-state index is 13.4. The second kappa shape index (κ2) is 7.15. The molecule has 1 aromatic heterocycles. The number of esters is 1. The number of hydrogen-bond acceptors (Lipinski definition) is 6. The standard InChI is InChI=1S/C17H19FN2O4S/c1-9(2)7-23-17(22)24-16(21)15-13-8-25-14-6-11(18)4-5-12(14)20(13)10(3)19-15/h4-6,9,17,22H,7-8H2,1-3H3. The van der Waals surface area contributed by atoms with Crippen LogP contribution >= 0.6 is 11.8 Å². The summed E-state index contributed by atoms with van der Waals surface area (Å²) in [6, 6.07) is 4.49. The highest BCUT2D eigenvalue weighted by atomic mass is 32.2. The highest BCUT2D eigenvalue weighted by Gasteiger charge is 2.28. The van der Waals surface area contributed by atoms with Crippen LogP contribution in [0.4, 0.5) is 4.39 Å². The maximum Gasteiger partial charge on any atom is 0.362 e. The number of rotatable bonds is 5. The van der Waals surface area contributed by atoms with Gasteiger partial charge in [0, 0.05) is 10.6 Å². The van der Waals surface area contributed by atoms with E-state index in [1.54, 1.807) is 13.0 Å². The molecule has 1 atom stereocenters. The van der Waals surface area contributed by atoms with Crippen molar-refractivity contribution >= 4 is 17.7 Å². The van der Waals surface area contributed by atoms with Gasteiger partial charge in [0.2, 0.25) is 0 Å². The van der Waals surface area contributed by atoms with E-state index in [4.69, 9.17) is 9.47 Å². The van der Waals surface area contributed by atoms with Crippen LogP contribution < -0.4 is 0 Å². The summed E-state index contributed by atoms with van der Waals surface area (Å²) in [4.78, 5) is 17.4. The number of thioether (sulfide) groups is 1. The number of carbonyl (C=O) groups excluding carboxylic acids is 1. The Labute approximate surface area is 149 Å². The Morgan fingerprint density at radius 3 is 2.96 bits per heavy atom. The molecule has 0 saturated heterocycles. The number of imidazole rings is 1. The number of aromatic nitrogens is 2. The fourth-order valence-electron chi connectivity index (χ4n) is 2.58. The lowest BCUT2D eigenvalue weighted by Gasteiger charge is -2.20. The molecule has 8 heteroatoms. The van der Waals surface area contributed by atoms with Gasteiger partial charge in [-0.1, -0.05) is 13.8 Å². The Bertz CT molecular complexity index is 806. The Kier molecular flexibility index (Phi) is 5.12. The molecule has 0 aliphatic carbocycles. The second-order valence-electron chi connectivity index (χ2n) is 6.13. The van der Waals surface area contributed by atoms with Crippen molar-refractivity contribution in [2.24, 2.45) is 5.92 Å². The summed E-state index contributed by atoms with van der Waals surface area (Å²) in [6.07, 6.45) is 0. The first-order valence-electron chi connectivity index (χ1n) is 7.88. The molecule has 6 nitrogen and oxygen atoms in total.